The smallest absolute Gasteiger partial charge is 0.164 e. The fraction of sp³-hybridized carbons (Fsp3) is 0.800. The molecule has 0 amide bonds. The van der Waals surface area contributed by atoms with Crippen LogP contribution in [0, 0.1) is 13.8 Å². The average Bonchev–Trinajstić information content (AvgIpc) is 2.90. The molecule has 0 saturated heterocycles. The number of unbranched alkanes of at least 4 members (excludes halogenated alkanes) is 14. The Kier molecular flexibility index (Phi) is 13.3. The van der Waals surface area contributed by atoms with Crippen LogP contribution in [0.3, 0.4) is 0 Å². The number of carbonyl (C=O) groups is 1. The molecule has 0 radical (unpaired) electrons. The molecule has 1 aromatic heterocycles. The lowest BCUT2D eigenvalue weighted by Gasteiger charge is -2.05. The van der Waals surface area contributed by atoms with Gasteiger partial charge in [0, 0.05) is 30.9 Å². The van der Waals surface area contributed by atoms with E-state index in [4.69, 9.17) is 0 Å². The molecule has 0 aliphatic rings. The van der Waals surface area contributed by atoms with Crippen LogP contribution < -0.4 is 0 Å². The van der Waals surface area contributed by atoms with Crippen molar-refractivity contribution in [2.75, 3.05) is 0 Å². The predicted molar refractivity (Wildman–Crippen MR) is 119 cm³/mol. The summed E-state index contributed by atoms with van der Waals surface area (Å²) >= 11 is 0. The van der Waals surface area contributed by atoms with Gasteiger partial charge in [0.25, 0.3) is 0 Å². The molecule has 2 nitrogen and oxygen atoms in total. The van der Waals surface area contributed by atoms with Crippen LogP contribution in [0.2, 0.25) is 0 Å². The van der Waals surface area contributed by atoms with Gasteiger partial charge in [0.05, 0.1) is 0 Å². The summed E-state index contributed by atoms with van der Waals surface area (Å²) in [6, 6.07) is 0. The summed E-state index contributed by atoms with van der Waals surface area (Å²) in [6.07, 6.45) is 23.3. The zero-order valence-corrected chi connectivity index (χ0v) is 18.7. The molecule has 0 fully saturated rings. The standard InChI is InChI=1S/C25H45NO/c1-5-6-7-8-9-10-11-12-13-14-15-16-17-18-19-20-24(27)25-22(2)21-26(4)23(25)3/h21H,5-20H2,1-4H3. The van der Waals surface area contributed by atoms with Crippen LogP contribution in [0.5, 0.6) is 0 Å². The molecule has 0 atom stereocenters. The minimum Gasteiger partial charge on any atom is -0.354 e. The van der Waals surface area contributed by atoms with E-state index in [1.807, 2.05) is 20.9 Å². The molecule has 0 saturated carbocycles. The third-order valence-electron chi connectivity index (χ3n) is 5.96. The molecule has 1 aromatic rings. The first-order valence-electron chi connectivity index (χ1n) is 11.7. The molecule has 2 heteroatoms. The van der Waals surface area contributed by atoms with Crippen molar-refractivity contribution in [1.29, 1.82) is 0 Å². The Morgan fingerprint density at radius 3 is 1.52 bits per heavy atom. The summed E-state index contributed by atoms with van der Waals surface area (Å²) in [5.41, 5.74) is 3.20. The van der Waals surface area contributed by atoms with Crippen molar-refractivity contribution in [3.63, 3.8) is 0 Å². The molecular weight excluding hydrogens is 330 g/mol. The number of aryl methyl sites for hydroxylation is 2. The minimum atomic E-state index is 0.334. The highest BCUT2D eigenvalue weighted by Gasteiger charge is 2.14. The van der Waals surface area contributed by atoms with Gasteiger partial charge in [-0.3, -0.25) is 4.79 Å². The van der Waals surface area contributed by atoms with Crippen LogP contribution in [-0.4, -0.2) is 10.4 Å². The van der Waals surface area contributed by atoms with E-state index in [0.717, 1.165) is 23.2 Å². The van der Waals surface area contributed by atoms with Crippen molar-refractivity contribution in [1.82, 2.24) is 4.57 Å². The van der Waals surface area contributed by atoms with Crippen LogP contribution in [0.1, 0.15) is 131 Å². The molecule has 156 valence electrons. The molecule has 0 bridgehead atoms. The number of Topliss-reactive ketones (excluding diaryl/α,β-unsaturated/α-hetero) is 1. The van der Waals surface area contributed by atoms with Gasteiger partial charge in [-0.2, -0.15) is 0 Å². The maximum Gasteiger partial charge on any atom is 0.164 e. The zero-order chi connectivity index (χ0) is 19.9. The molecule has 0 spiro atoms. The maximum absolute atomic E-state index is 12.4. The first kappa shape index (κ1) is 24.0. The summed E-state index contributed by atoms with van der Waals surface area (Å²) in [4.78, 5) is 12.4. The fourth-order valence-electron chi connectivity index (χ4n) is 4.12. The second-order valence-corrected chi connectivity index (χ2v) is 8.51. The Hall–Kier alpha value is -1.05. The van der Waals surface area contributed by atoms with Crippen molar-refractivity contribution in [2.24, 2.45) is 7.05 Å². The number of hydrogen-bond donors (Lipinski definition) is 0. The summed E-state index contributed by atoms with van der Waals surface area (Å²) in [6.45, 7) is 6.38. The molecule has 0 aromatic carbocycles. The maximum atomic E-state index is 12.4. The highest BCUT2D eigenvalue weighted by molar-refractivity contribution is 5.98. The molecule has 1 heterocycles. The summed E-state index contributed by atoms with van der Waals surface area (Å²) < 4.78 is 2.06. The van der Waals surface area contributed by atoms with E-state index in [-0.39, 0.29) is 0 Å². The molecule has 1 rings (SSSR count). The van der Waals surface area contributed by atoms with Crippen molar-refractivity contribution >= 4 is 5.78 Å². The third-order valence-corrected chi connectivity index (χ3v) is 5.96. The van der Waals surface area contributed by atoms with Crippen LogP contribution in [0.25, 0.3) is 0 Å². The first-order valence-corrected chi connectivity index (χ1v) is 11.7. The van der Waals surface area contributed by atoms with Gasteiger partial charge in [0.2, 0.25) is 0 Å². The van der Waals surface area contributed by atoms with E-state index in [1.54, 1.807) is 0 Å². The number of hydrogen-bond acceptors (Lipinski definition) is 1. The van der Waals surface area contributed by atoms with Crippen LogP contribution in [-0.2, 0) is 7.05 Å². The first-order chi connectivity index (χ1) is 13.1. The van der Waals surface area contributed by atoms with E-state index in [9.17, 15) is 4.79 Å². The fourth-order valence-corrected chi connectivity index (χ4v) is 4.12. The lowest BCUT2D eigenvalue weighted by atomic mass is 10.0. The monoisotopic (exact) mass is 375 g/mol. The number of carbonyl (C=O) groups excluding carboxylic acids is 1. The molecule has 0 aliphatic carbocycles. The second-order valence-electron chi connectivity index (χ2n) is 8.51. The molecule has 27 heavy (non-hydrogen) atoms. The van der Waals surface area contributed by atoms with Gasteiger partial charge in [-0.15, -0.1) is 0 Å². The Bertz CT molecular complexity index is 515. The van der Waals surface area contributed by atoms with Gasteiger partial charge < -0.3 is 4.57 Å². The van der Waals surface area contributed by atoms with E-state index < -0.39 is 0 Å². The normalized spacial score (nSPS) is 11.3. The molecular formula is C25H45NO. The largest absolute Gasteiger partial charge is 0.354 e. The minimum absolute atomic E-state index is 0.334. The van der Waals surface area contributed by atoms with Gasteiger partial charge in [-0.05, 0) is 25.8 Å². The summed E-state index contributed by atoms with van der Waals surface area (Å²) in [5.74, 6) is 0.334. The van der Waals surface area contributed by atoms with E-state index in [0.29, 0.717) is 12.2 Å². The predicted octanol–water partition coefficient (Wildman–Crippen LogP) is 8.09. The zero-order valence-electron chi connectivity index (χ0n) is 18.7. The quantitative estimate of drug-likeness (QED) is 0.199. The number of nitrogens with zero attached hydrogens (tertiary/aromatic N) is 1. The third kappa shape index (κ3) is 10.2. The van der Waals surface area contributed by atoms with Gasteiger partial charge in [-0.25, -0.2) is 0 Å². The van der Waals surface area contributed by atoms with Crippen LogP contribution >= 0.6 is 0 Å². The second kappa shape index (κ2) is 14.9. The average molecular weight is 376 g/mol. The van der Waals surface area contributed by atoms with Crippen molar-refractivity contribution < 1.29 is 4.79 Å². The molecule has 0 N–H and O–H groups in total. The van der Waals surface area contributed by atoms with Crippen molar-refractivity contribution in [3.8, 4) is 0 Å². The number of ketones is 1. The van der Waals surface area contributed by atoms with E-state index >= 15 is 0 Å². The molecule has 0 aliphatic heterocycles. The highest BCUT2D eigenvalue weighted by Crippen LogP contribution is 2.19. The van der Waals surface area contributed by atoms with Gasteiger partial charge in [-0.1, -0.05) is 96.8 Å². The van der Waals surface area contributed by atoms with Crippen molar-refractivity contribution in [2.45, 2.75) is 124 Å². The summed E-state index contributed by atoms with van der Waals surface area (Å²) in [5, 5.41) is 0. The topological polar surface area (TPSA) is 22.0 Å². The SMILES string of the molecule is CCCCCCCCCCCCCCCCCC(=O)c1c(C)cn(C)c1C. The Morgan fingerprint density at radius 1 is 0.741 bits per heavy atom. The van der Waals surface area contributed by atoms with Gasteiger partial charge >= 0.3 is 0 Å². The van der Waals surface area contributed by atoms with Gasteiger partial charge in [0.1, 0.15) is 0 Å². The Morgan fingerprint density at radius 2 is 1.15 bits per heavy atom. The lowest BCUT2D eigenvalue weighted by Crippen LogP contribution is -2.03. The lowest BCUT2D eigenvalue weighted by molar-refractivity contribution is 0.0978. The summed E-state index contributed by atoms with van der Waals surface area (Å²) in [7, 11) is 2.02. The van der Waals surface area contributed by atoms with Gasteiger partial charge in [0.15, 0.2) is 5.78 Å². The van der Waals surface area contributed by atoms with E-state index in [1.165, 1.54) is 89.9 Å². The number of aromatic nitrogens is 1. The highest BCUT2D eigenvalue weighted by atomic mass is 16.1. The van der Waals surface area contributed by atoms with Crippen LogP contribution in [0.15, 0.2) is 6.20 Å². The Balaban J connectivity index is 1.90. The number of rotatable bonds is 17. The van der Waals surface area contributed by atoms with Crippen LogP contribution in [0.4, 0.5) is 0 Å². The Labute approximate surface area is 169 Å². The van der Waals surface area contributed by atoms with E-state index in [2.05, 4.69) is 17.7 Å². The van der Waals surface area contributed by atoms with Crippen molar-refractivity contribution in [3.05, 3.63) is 23.0 Å². The molecule has 0 unspecified atom stereocenters.